The number of rotatable bonds is 1. The van der Waals surface area contributed by atoms with Crippen LogP contribution in [0, 0.1) is 28.1 Å². The van der Waals surface area contributed by atoms with Crippen molar-refractivity contribution in [2.45, 2.75) is 60.8 Å². The Morgan fingerprint density at radius 1 is 1.17 bits per heavy atom. The minimum atomic E-state index is 0.309. The molecule has 3 saturated carbocycles. The van der Waals surface area contributed by atoms with Gasteiger partial charge in [0.2, 0.25) is 0 Å². The van der Waals surface area contributed by atoms with Crippen LogP contribution in [0.3, 0.4) is 0 Å². The molecule has 0 aromatic carbocycles. The Balaban J connectivity index is 2.04. The van der Waals surface area contributed by atoms with Crippen molar-refractivity contribution >= 4 is 5.78 Å². The zero-order chi connectivity index (χ0) is 13.5. The van der Waals surface area contributed by atoms with Crippen molar-refractivity contribution in [2.75, 3.05) is 0 Å². The van der Waals surface area contributed by atoms with Gasteiger partial charge in [-0.25, -0.2) is 0 Å². The van der Waals surface area contributed by atoms with E-state index < -0.39 is 0 Å². The van der Waals surface area contributed by atoms with Crippen molar-refractivity contribution in [3.63, 3.8) is 0 Å². The van der Waals surface area contributed by atoms with Gasteiger partial charge < -0.3 is 0 Å². The van der Waals surface area contributed by atoms with E-state index in [1.807, 2.05) is 0 Å². The van der Waals surface area contributed by atoms with Gasteiger partial charge in [-0.3, -0.25) is 4.79 Å². The molecule has 1 heteroatoms. The van der Waals surface area contributed by atoms with Gasteiger partial charge in [-0.1, -0.05) is 33.3 Å². The first-order valence-electron chi connectivity index (χ1n) is 7.34. The molecule has 0 aromatic heterocycles. The van der Waals surface area contributed by atoms with Crippen LogP contribution in [-0.4, -0.2) is 5.78 Å². The highest BCUT2D eigenvalue weighted by molar-refractivity contribution is 5.95. The molecule has 4 rings (SSSR count). The molecular weight excluding hydrogens is 220 g/mol. The highest BCUT2D eigenvalue weighted by Crippen LogP contribution is 2.77. The molecule has 3 fully saturated rings. The van der Waals surface area contributed by atoms with Crippen LogP contribution in [0.1, 0.15) is 60.8 Å². The lowest BCUT2D eigenvalue weighted by atomic mass is 9.32. The van der Waals surface area contributed by atoms with Gasteiger partial charge in [-0.05, 0) is 66.8 Å². The monoisotopic (exact) mass is 246 g/mol. The Morgan fingerprint density at radius 2 is 1.78 bits per heavy atom. The molecule has 0 aliphatic heterocycles. The van der Waals surface area contributed by atoms with E-state index in [9.17, 15) is 4.79 Å². The van der Waals surface area contributed by atoms with Crippen LogP contribution in [0.4, 0.5) is 0 Å². The Bertz CT molecular complexity index is 470. The third-order valence-electron chi connectivity index (χ3n) is 7.31. The Morgan fingerprint density at radius 3 is 2.28 bits per heavy atom. The molecule has 2 bridgehead atoms. The minimum Gasteiger partial charge on any atom is -0.295 e. The normalized spacial score (nSPS) is 48.8. The van der Waals surface area contributed by atoms with Crippen LogP contribution >= 0.6 is 0 Å². The molecule has 18 heavy (non-hydrogen) atoms. The highest BCUT2D eigenvalue weighted by atomic mass is 16.1. The predicted octanol–water partition coefficient (Wildman–Crippen LogP) is 4.37. The SMILES string of the molecule is CC(=O)C1=C(C)[C@@H]2C[C@]3(C)C[C@H](C3(C)C)[C@@]2(C)C1. The van der Waals surface area contributed by atoms with E-state index in [2.05, 4.69) is 34.6 Å². The standard InChI is InChI=1S/C17H26O/c1-10-12(11(2)18)7-17(6)13(10)8-16(5)9-14(17)15(16,3)4/h13-14H,7-9H2,1-6H3/t13-,14+,16+,17-/m0/s1. The van der Waals surface area contributed by atoms with E-state index in [0.29, 0.717) is 27.9 Å². The van der Waals surface area contributed by atoms with Crippen LogP contribution < -0.4 is 0 Å². The summed E-state index contributed by atoms with van der Waals surface area (Å²) in [6.07, 6.45) is 3.68. The van der Waals surface area contributed by atoms with E-state index in [4.69, 9.17) is 0 Å². The quantitative estimate of drug-likeness (QED) is 0.671. The van der Waals surface area contributed by atoms with Crippen molar-refractivity contribution in [3.8, 4) is 0 Å². The van der Waals surface area contributed by atoms with Crippen LogP contribution in [0.2, 0.25) is 0 Å². The molecule has 0 aromatic rings. The summed E-state index contributed by atoms with van der Waals surface area (Å²) < 4.78 is 0. The second-order valence-electron chi connectivity index (χ2n) is 8.20. The average molecular weight is 246 g/mol. The molecule has 0 heterocycles. The lowest BCUT2D eigenvalue weighted by Crippen LogP contribution is -2.65. The van der Waals surface area contributed by atoms with Crippen molar-refractivity contribution < 1.29 is 4.79 Å². The largest absolute Gasteiger partial charge is 0.295 e. The lowest BCUT2D eigenvalue weighted by molar-refractivity contribution is -0.228. The van der Waals surface area contributed by atoms with Crippen molar-refractivity contribution in [1.82, 2.24) is 0 Å². The van der Waals surface area contributed by atoms with Crippen molar-refractivity contribution in [1.29, 1.82) is 0 Å². The third-order valence-corrected chi connectivity index (χ3v) is 7.31. The fourth-order valence-electron chi connectivity index (χ4n) is 5.62. The van der Waals surface area contributed by atoms with E-state index >= 15 is 0 Å². The number of ketones is 1. The first-order chi connectivity index (χ1) is 8.13. The Hall–Kier alpha value is -0.590. The Kier molecular flexibility index (Phi) is 2.15. The molecule has 4 aliphatic carbocycles. The van der Waals surface area contributed by atoms with E-state index in [1.54, 1.807) is 6.92 Å². The molecule has 4 aliphatic rings. The number of hydrogen-bond acceptors (Lipinski definition) is 1. The fourth-order valence-corrected chi connectivity index (χ4v) is 5.62. The van der Waals surface area contributed by atoms with Gasteiger partial charge >= 0.3 is 0 Å². The smallest absolute Gasteiger partial charge is 0.155 e. The summed E-state index contributed by atoms with van der Waals surface area (Å²) in [4.78, 5) is 11.8. The molecule has 0 N–H and O–H groups in total. The molecule has 4 atom stereocenters. The molecule has 0 radical (unpaired) electrons. The summed E-state index contributed by atoms with van der Waals surface area (Å²) >= 11 is 0. The highest BCUT2D eigenvalue weighted by Gasteiger charge is 2.70. The molecule has 100 valence electrons. The maximum absolute atomic E-state index is 11.8. The van der Waals surface area contributed by atoms with Gasteiger partial charge in [0, 0.05) is 0 Å². The van der Waals surface area contributed by atoms with Crippen LogP contribution in [0.25, 0.3) is 0 Å². The van der Waals surface area contributed by atoms with E-state index in [0.717, 1.165) is 17.9 Å². The van der Waals surface area contributed by atoms with E-state index in [1.165, 1.54) is 18.4 Å². The summed E-state index contributed by atoms with van der Waals surface area (Å²) in [6, 6.07) is 0. The number of carbonyl (C=O) groups is 1. The molecular formula is C17H26O. The lowest BCUT2D eigenvalue weighted by Gasteiger charge is -2.72. The van der Waals surface area contributed by atoms with Crippen LogP contribution in [0.15, 0.2) is 11.1 Å². The van der Waals surface area contributed by atoms with Crippen molar-refractivity contribution in [2.24, 2.45) is 28.1 Å². The molecule has 1 nitrogen and oxygen atoms in total. The minimum absolute atomic E-state index is 0.309. The zero-order valence-corrected chi connectivity index (χ0v) is 12.7. The maximum Gasteiger partial charge on any atom is 0.155 e. The summed E-state index contributed by atoms with van der Waals surface area (Å²) in [6.45, 7) is 13.8. The summed E-state index contributed by atoms with van der Waals surface area (Å²) in [5, 5.41) is 0. The second kappa shape index (κ2) is 3.11. The van der Waals surface area contributed by atoms with Crippen molar-refractivity contribution in [3.05, 3.63) is 11.1 Å². The number of allylic oxidation sites excluding steroid dienone is 2. The number of Topliss-reactive ketones (excluding diaryl/α,β-unsaturated/α-hetero) is 1. The van der Waals surface area contributed by atoms with Crippen LogP contribution in [0.5, 0.6) is 0 Å². The molecule has 0 saturated heterocycles. The topological polar surface area (TPSA) is 17.1 Å². The summed E-state index contributed by atoms with van der Waals surface area (Å²) in [5.41, 5.74) is 3.86. The zero-order valence-electron chi connectivity index (χ0n) is 12.7. The average Bonchev–Trinajstić information content (AvgIpc) is 2.52. The van der Waals surface area contributed by atoms with Gasteiger partial charge in [-0.2, -0.15) is 0 Å². The molecule has 0 amide bonds. The van der Waals surface area contributed by atoms with Gasteiger partial charge in [0.05, 0.1) is 0 Å². The molecule has 0 unspecified atom stereocenters. The van der Waals surface area contributed by atoms with Gasteiger partial charge in [-0.15, -0.1) is 0 Å². The first-order valence-corrected chi connectivity index (χ1v) is 7.34. The van der Waals surface area contributed by atoms with Gasteiger partial charge in [0.15, 0.2) is 5.78 Å². The fraction of sp³-hybridized carbons (Fsp3) is 0.824. The second-order valence-corrected chi connectivity index (χ2v) is 8.20. The van der Waals surface area contributed by atoms with Gasteiger partial charge in [0.1, 0.15) is 0 Å². The predicted molar refractivity (Wildman–Crippen MR) is 74.2 cm³/mol. The van der Waals surface area contributed by atoms with Gasteiger partial charge in [0.25, 0.3) is 0 Å². The van der Waals surface area contributed by atoms with E-state index in [-0.39, 0.29) is 0 Å². The number of carbonyl (C=O) groups excluding carboxylic acids is 1. The number of hydrogen-bond donors (Lipinski definition) is 0. The Labute approximate surface area is 111 Å². The van der Waals surface area contributed by atoms with Crippen LogP contribution in [-0.2, 0) is 4.79 Å². The first kappa shape index (κ1) is 12.4. The summed E-state index contributed by atoms with van der Waals surface area (Å²) in [7, 11) is 0. The third kappa shape index (κ3) is 1.12. The summed E-state index contributed by atoms with van der Waals surface area (Å²) in [5.74, 6) is 1.76. The molecule has 0 spiro atoms. The maximum atomic E-state index is 11.8.